The molecule has 1 saturated heterocycles. The summed E-state index contributed by atoms with van der Waals surface area (Å²) in [5.74, 6) is -3.29. The van der Waals surface area contributed by atoms with E-state index in [0.29, 0.717) is 44.7 Å². The first kappa shape index (κ1) is 34.1. The van der Waals surface area contributed by atoms with Crippen molar-refractivity contribution in [1.29, 1.82) is 0 Å². The standard InChI is InChI=1S/C36H29ClN4O9S2/c1-2-49-35(45)16-3-6-18(7-4-16)38-25(42)15-50-24-12-5-17(37)13-21(24)26-27-22-14-23(30(27)51-32-31(26)52-36(46)39-32)29-28(22)33(43)40(34(29)44)19-8-10-20(11-9-19)41(47)48/h3-13,22-23,26-30H,2,14-15H2,1H3,(H,38,42)(H,39,46)/t22?,23?,26-,27?,28?,29?,30?/m1/s1. The summed E-state index contributed by atoms with van der Waals surface area (Å²) in [5, 5.41) is 15.0. The SMILES string of the molecule is CCOC(=O)c1ccc(NC(=O)COc2ccc(Cl)cc2[C@H]2c3sc(=O)[nH]c3SC3C4CC(C5C(=O)N(c6ccc([N+](=O)[O-])cc6)C(=O)C45)C32)cc1. The lowest BCUT2D eigenvalue weighted by molar-refractivity contribution is -0.384. The highest BCUT2D eigenvalue weighted by atomic mass is 35.5. The number of anilines is 2. The number of nitro benzene ring substituents is 1. The van der Waals surface area contributed by atoms with Crippen LogP contribution in [0, 0.1) is 39.7 Å². The van der Waals surface area contributed by atoms with Gasteiger partial charge in [-0.05, 0) is 85.7 Å². The maximum absolute atomic E-state index is 14.1. The highest BCUT2D eigenvalue weighted by molar-refractivity contribution is 8.00. The largest absolute Gasteiger partial charge is 0.483 e. The minimum absolute atomic E-state index is 0.115. The summed E-state index contributed by atoms with van der Waals surface area (Å²) in [5.41, 5.74) is 1.63. The van der Waals surface area contributed by atoms with E-state index >= 15 is 0 Å². The van der Waals surface area contributed by atoms with Crippen molar-refractivity contribution in [3.63, 3.8) is 0 Å². The van der Waals surface area contributed by atoms with Crippen LogP contribution in [0.4, 0.5) is 17.1 Å². The van der Waals surface area contributed by atoms with E-state index in [0.717, 1.165) is 16.2 Å². The molecule has 266 valence electrons. The molecule has 2 bridgehead atoms. The predicted octanol–water partition coefficient (Wildman–Crippen LogP) is 5.87. The van der Waals surface area contributed by atoms with Gasteiger partial charge < -0.3 is 19.8 Å². The third-order valence-electron chi connectivity index (χ3n) is 10.4. The number of H-pyrrole nitrogens is 1. The number of hydrogen-bond donors (Lipinski definition) is 2. The van der Waals surface area contributed by atoms with Crippen LogP contribution in [0.2, 0.25) is 5.02 Å². The van der Waals surface area contributed by atoms with Crippen molar-refractivity contribution in [2.24, 2.45) is 29.6 Å². The van der Waals surface area contributed by atoms with Crippen molar-refractivity contribution < 1.29 is 33.6 Å². The summed E-state index contributed by atoms with van der Waals surface area (Å²) >= 11 is 9.19. The molecule has 8 rings (SSSR count). The van der Waals surface area contributed by atoms with E-state index in [4.69, 9.17) is 21.1 Å². The molecular weight excluding hydrogens is 732 g/mol. The normalized spacial score (nSPS) is 25.3. The van der Waals surface area contributed by atoms with Crippen LogP contribution < -0.4 is 19.8 Å². The number of nitrogens with zero attached hydrogens (tertiary/aromatic N) is 2. The van der Waals surface area contributed by atoms with Crippen LogP contribution in [-0.4, -0.2) is 52.1 Å². The molecule has 3 heterocycles. The fourth-order valence-electron chi connectivity index (χ4n) is 8.48. The average molecular weight is 761 g/mol. The predicted molar refractivity (Wildman–Crippen MR) is 192 cm³/mol. The van der Waals surface area contributed by atoms with E-state index < -0.39 is 34.6 Å². The van der Waals surface area contributed by atoms with Crippen molar-refractivity contribution in [2.75, 3.05) is 23.4 Å². The van der Waals surface area contributed by atoms with Gasteiger partial charge in [0.1, 0.15) is 5.75 Å². The summed E-state index contributed by atoms with van der Waals surface area (Å²) in [4.78, 5) is 81.2. The van der Waals surface area contributed by atoms with Crippen LogP contribution in [-0.2, 0) is 19.1 Å². The van der Waals surface area contributed by atoms with E-state index in [-0.39, 0.29) is 58.6 Å². The van der Waals surface area contributed by atoms with Gasteiger partial charge in [0.05, 0.1) is 39.6 Å². The van der Waals surface area contributed by atoms with Gasteiger partial charge in [-0.15, -0.1) is 11.8 Å². The highest BCUT2D eigenvalue weighted by Crippen LogP contribution is 2.69. The number of nitrogens with one attached hydrogen (secondary N) is 2. The Balaban J connectivity index is 1.08. The number of fused-ring (bicyclic) bond motifs is 9. The molecule has 13 nitrogen and oxygen atoms in total. The van der Waals surface area contributed by atoms with Gasteiger partial charge in [0.15, 0.2) is 6.61 Å². The number of nitro groups is 1. The monoisotopic (exact) mass is 760 g/mol. The number of non-ortho nitro benzene ring substituents is 1. The van der Waals surface area contributed by atoms with Crippen molar-refractivity contribution in [1.82, 2.24) is 4.98 Å². The van der Waals surface area contributed by atoms with Gasteiger partial charge in [0.25, 0.3) is 11.6 Å². The molecule has 0 spiro atoms. The Hall–Kier alpha value is -4.99. The second-order valence-corrected chi connectivity index (χ2v) is 15.7. The van der Waals surface area contributed by atoms with Gasteiger partial charge in [0.2, 0.25) is 11.8 Å². The number of thiazole rings is 1. The maximum atomic E-state index is 14.1. The molecule has 6 unspecified atom stereocenters. The Morgan fingerprint density at radius 1 is 1.02 bits per heavy atom. The number of esters is 1. The van der Waals surface area contributed by atoms with Gasteiger partial charge >= 0.3 is 10.8 Å². The number of benzene rings is 3. The second kappa shape index (κ2) is 13.2. The summed E-state index contributed by atoms with van der Waals surface area (Å²) in [6.07, 6.45) is 0.646. The van der Waals surface area contributed by atoms with Crippen molar-refractivity contribution in [3.05, 3.63) is 108 Å². The fourth-order valence-corrected chi connectivity index (χ4v) is 11.5. The molecule has 0 radical (unpaired) electrons. The number of amides is 3. The maximum Gasteiger partial charge on any atom is 0.338 e. The number of thioether (sulfide) groups is 1. The van der Waals surface area contributed by atoms with Crippen LogP contribution in [0.1, 0.15) is 40.1 Å². The molecule has 4 aromatic rings. The zero-order valence-corrected chi connectivity index (χ0v) is 29.7. The van der Waals surface area contributed by atoms with Gasteiger partial charge in [-0.3, -0.25) is 34.2 Å². The van der Waals surface area contributed by atoms with Crippen molar-refractivity contribution >= 4 is 75.5 Å². The molecule has 2 aliphatic carbocycles. The Bertz CT molecular complexity index is 2210. The lowest BCUT2D eigenvalue weighted by Crippen LogP contribution is -2.42. The quantitative estimate of drug-likeness (QED) is 0.0908. The van der Waals surface area contributed by atoms with E-state index in [1.165, 1.54) is 40.9 Å². The first-order valence-corrected chi connectivity index (χ1v) is 18.6. The number of imide groups is 1. The third kappa shape index (κ3) is 5.67. The third-order valence-corrected chi connectivity index (χ3v) is 13.2. The topological polar surface area (TPSA) is 178 Å². The molecule has 2 aliphatic heterocycles. The van der Waals surface area contributed by atoms with E-state index in [9.17, 15) is 34.1 Å². The molecule has 1 aromatic heterocycles. The second-order valence-electron chi connectivity index (χ2n) is 13.1. The Morgan fingerprint density at radius 2 is 1.73 bits per heavy atom. The molecular formula is C36H29ClN4O9S2. The molecule has 3 amide bonds. The molecule has 4 aliphatic rings. The summed E-state index contributed by atoms with van der Waals surface area (Å²) in [6.45, 7) is 1.61. The van der Waals surface area contributed by atoms with Gasteiger partial charge in [-0.1, -0.05) is 22.9 Å². The Kier molecular flexibility index (Phi) is 8.66. The first-order chi connectivity index (χ1) is 25.0. The number of halogens is 1. The number of aromatic nitrogens is 1. The number of carbonyl (C=O) groups excluding carboxylic acids is 4. The molecule has 3 aromatic carbocycles. The number of hydrogen-bond acceptors (Lipinski definition) is 11. The summed E-state index contributed by atoms with van der Waals surface area (Å²) in [6, 6.07) is 16.8. The molecule has 7 atom stereocenters. The molecule has 3 fully saturated rings. The van der Waals surface area contributed by atoms with E-state index in [2.05, 4.69) is 10.3 Å². The van der Waals surface area contributed by atoms with Crippen molar-refractivity contribution in [3.8, 4) is 5.75 Å². The van der Waals surface area contributed by atoms with E-state index in [1.54, 1.807) is 49.4 Å². The smallest absolute Gasteiger partial charge is 0.338 e. The molecule has 16 heteroatoms. The zero-order chi connectivity index (χ0) is 36.4. The number of carbonyl (C=O) groups is 4. The number of rotatable bonds is 9. The summed E-state index contributed by atoms with van der Waals surface area (Å²) in [7, 11) is 0. The highest BCUT2D eigenvalue weighted by Gasteiger charge is 2.70. The van der Waals surface area contributed by atoms with Crippen molar-refractivity contribution in [2.45, 2.75) is 29.5 Å². The summed E-state index contributed by atoms with van der Waals surface area (Å²) < 4.78 is 11.1. The molecule has 52 heavy (non-hydrogen) atoms. The van der Waals surface area contributed by atoms with Crippen LogP contribution in [0.5, 0.6) is 5.75 Å². The molecule has 2 N–H and O–H groups in total. The first-order valence-electron chi connectivity index (χ1n) is 16.5. The minimum atomic E-state index is -0.598. The van der Waals surface area contributed by atoms with Crippen LogP contribution in [0.15, 0.2) is 76.6 Å². The number of aromatic amines is 1. The van der Waals surface area contributed by atoms with Gasteiger partial charge in [-0.25, -0.2) is 4.79 Å². The van der Waals surface area contributed by atoms with Gasteiger partial charge in [0, 0.05) is 44.5 Å². The lowest BCUT2D eigenvalue weighted by Gasteiger charge is -2.43. The Morgan fingerprint density at radius 3 is 2.42 bits per heavy atom. The molecule has 2 saturated carbocycles. The van der Waals surface area contributed by atoms with E-state index in [1.807, 2.05) is 0 Å². The van der Waals surface area contributed by atoms with Gasteiger partial charge in [-0.2, -0.15) is 0 Å². The van der Waals surface area contributed by atoms with Crippen LogP contribution in [0.25, 0.3) is 0 Å². The van der Waals surface area contributed by atoms with Crippen LogP contribution >= 0.6 is 34.7 Å². The Labute approximate surface area is 308 Å². The minimum Gasteiger partial charge on any atom is -0.483 e. The van der Waals surface area contributed by atoms with Crippen LogP contribution in [0.3, 0.4) is 0 Å². The zero-order valence-electron chi connectivity index (χ0n) is 27.3. The fraction of sp³-hybridized carbons (Fsp3) is 0.306. The number of ether oxygens (including phenoxy) is 2. The lowest BCUT2D eigenvalue weighted by atomic mass is 9.68. The average Bonchev–Trinajstić information content (AvgIpc) is 3.86.